The summed E-state index contributed by atoms with van der Waals surface area (Å²) >= 11 is 1.35. The van der Waals surface area contributed by atoms with Gasteiger partial charge in [-0.15, -0.1) is 16.4 Å². The molecule has 0 aliphatic rings. The Balaban J connectivity index is 1.65. The van der Waals surface area contributed by atoms with Gasteiger partial charge in [0.15, 0.2) is 0 Å². The van der Waals surface area contributed by atoms with E-state index in [2.05, 4.69) is 34.7 Å². The zero-order valence-electron chi connectivity index (χ0n) is 14.8. The summed E-state index contributed by atoms with van der Waals surface area (Å²) < 4.78 is 7.35. The molecule has 0 aliphatic heterocycles. The molecule has 3 aromatic rings. The summed E-state index contributed by atoms with van der Waals surface area (Å²) in [6, 6.07) is 9.58. The number of aromatic nitrogens is 4. The Morgan fingerprint density at radius 1 is 1.31 bits per heavy atom. The van der Waals surface area contributed by atoms with Crippen molar-refractivity contribution in [2.75, 3.05) is 6.61 Å². The molecule has 0 saturated carbocycles. The highest BCUT2D eigenvalue weighted by Crippen LogP contribution is 2.21. The minimum Gasteiger partial charge on any atom is -0.493 e. The van der Waals surface area contributed by atoms with Gasteiger partial charge in [-0.05, 0) is 40.3 Å². The number of carbonyl (C=O) groups excluding carboxylic acids is 1. The molecular weight excluding hydrogens is 350 g/mol. The largest absolute Gasteiger partial charge is 0.493 e. The number of tetrazole rings is 1. The van der Waals surface area contributed by atoms with Crippen LogP contribution >= 0.6 is 11.3 Å². The molecule has 0 atom stereocenters. The first-order valence-corrected chi connectivity index (χ1v) is 9.33. The van der Waals surface area contributed by atoms with Crippen LogP contribution in [-0.2, 0) is 6.54 Å². The zero-order valence-corrected chi connectivity index (χ0v) is 15.6. The molecule has 1 amide bonds. The number of nitrogens with zero attached hydrogens (tertiary/aromatic N) is 4. The maximum Gasteiger partial charge on any atom is 0.263 e. The van der Waals surface area contributed by atoms with Crippen molar-refractivity contribution in [2.24, 2.45) is 5.92 Å². The van der Waals surface area contributed by atoms with Gasteiger partial charge in [-0.25, -0.2) is 0 Å². The summed E-state index contributed by atoms with van der Waals surface area (Å²) in [7, 11) is 0. The van der Waals surface area contributed by atoms with E-state index in [9.17, 15) is 4.79 Å². The summed E-state index contributed by atoms with van der Waals surface area (Å²) in [5, 5.41) is 15.9. The van der Waals surface area contributed by atoms with Crippen molar-refractivity contribution >= 4 is 17.2 Å². The lowest BCUT2D eigenvalue weighted by Gasteiger charge is -2.13. The Labute approximate surface area is 156 Å². The van der Waals surface area contributed by atoms with E-state index >= 15 is 0 Å². The molecule has 0 unspecified atom stereocenters. The van der Waals surface area contributed by atoms with Crippen LogP contribution in [0.3, 0.4) is 0 Å². The molecule has 1 aromatic carbocycles. The highest BCUT2D eigenvalue weighted by molar-refractivity contribution is 7.12. The normalized spacial score (nSPS) is 10.9. The molecule has 136 valence electrons. The van der Waals surface area contributed by atoms with Gasteiger partial charge in [-0.1, -0.05) is 32.0 Å². The quantitative estimate of drug-likeness (QED) is 0.658. The molecule has 0 fully saturated rings. The first-order chi connectivity index (χ1) is 12.6. The summed E-state index contributed by atoms with van der Waals surface area (Å²) in [5.41, 5.74) is 1.61. The third kappa shape index (κ3) is 4.45. The van der Waals surface area contributed by atoms with Crippen LogP contribution < -0.4 is 10.1 Å². The number of hydrogen-bond donors (Lipinski definition) is 1. The van der Waals surface area contributed by atoms with Crippen LogP contribution in [0.15, 0.2) is 42.0 Å². The van der Waals surface area contributed by atoms with Crippen LogP contribution in [-0.4, -0.2) is 32.7 Å². The number of para-hydroxylation sites is 1. The second-order valence-corrected chi connectivity index (χ2v) is 7.13. The Morgan fingerprint density at radius 3 is 2.92 bits per heavy atom. The van der Waals surface area contributed by atoms with E-state index in [1.807, 2.05) is 35.7 Å². The van der Waals surface area contributed by atoms with Crippen molar-refractivity contribution in [1.82, 2.24) is 25.5 Å². The first-order valence-electron chi connectivity index (χ1n) is 8.45. The third-order valence-electron chi connectivity index (χ3n) is 3.81. The fourth-order valence-electron chi connectivity index (χ4n) is 2.38. The Kier molecular flexibility index (Phi) is 5.96. The molecule has 0 spiro atoms. The van der Waals surface area contributed by atoms with E-state index in [-0.39, 0.29) is 5.91 Å². The molecule has 1 N–H and O–H groups in total. The lowest BCUT2D eigenvalue weighted by molar-refractivity contribution is 0.0954. The summed E-state index contributed by atoms with van der Waals surface area (Å²) in [4.78, 5) is 13.2. The number of rotatable bonds is 8. The predicted molar refractivity (Wildman–Crippen MR) is 99.6 cm³/mol. The molecule has 7 nitrogen and oxygen atoms in total. The maximum atomic E-state index is 12.6. The fraction of sp³-hybridized carbons (Fsp3) is 0.333. The minimum absolute atomic E-state index is 0.164. The first kappa shape index (κ1) is 18.1. The second-order valence-electron chi connectivity index (χ2n) is 6.21. The van der Waals surface area contributed by atoms with E-state index in [0.717, 1.165) is 17.7 Å². The highest BCUT2D eigenvalue weighted by atomic mass is 32.1. The monoisotopic (exact) mass is 371 g/mol. The smallest absolute Gasteiger partial charge is 0.263 e. The van der Waals surface area contributed by atoms with Gasteiger partial charge in [0.2, 0.25) is 0 Å². The Bertz CT molecular complexity index is 845. The van der Waals surface area contributed by atoms with E-state index in [1.165, 1.54) is 22.3 Å². The van der Waals surface area contributed by atoms with Gasteiger partial charge in [-0.2, -0.15) is 4.68 Å². The van der Waals surface area contributed by atoms with Crippen LogP contribution in [0, 0.1) is 5.92 Å². The van der Waals surface area contributed by atoms with E-state index in [4.69, 9.17) is 4.74 Å². The van der Waals surface area contributed by atoms with Crippen LogP contribution in [0.4, 0.5) is 0 Å². The number of nitrogens with one attached hydrogen (secondary N) is 1. The van der Waals surface area contributed by atoms with E-state index in [0.29, 0.717) is 29.6 Å². The number of hydrogen-bond acceptors (Lipinski definition) is 6. The van der Waals surface area contributed by atoms with Crippen molar-refractivity contribution in [3.63, 3.8) is 0 Å². The average molecular weight is 371 g/mol. The van der Waals surface area contributed by atoms with E-state index in [1.54, 1.807) is 0 Å². The van der Waals surface area contributed by atoms with Crippen molar-refractivity contribution in [3.05, 3.63) is 52.5 Å². The van der Waals surface area contributed by atoms with Crippen LogP contribution in [0.1, 0.15) is 35.5 Å². The molecule has 0 radical (unpaired) electrons. The minimum atomic E-state index is -0.164. The Hall–Kier alpha value is -2.74. The standard InChI is InChI=1S/C18H21N5O2S/c1-13(2)7-9-25-16-6-4-3-5-14(16)11-19-18(24)17-15(8-10-26-17)23-12-20-21-22-23/h3-6,8,10,12-13H,7,9,11H2,1-2H3,(H,19,24). The SMILES string of the molecule is CC(C)CCOc1ccccc1CNC(=O)c1sccc1-n1cnnn1. The van der Waals surface area contributed by atoms with Gasteiger partial charge in [0.05, 0.1) is 12.3 Å². The zero-order chi connectivity index (χ0) is 18.4. The molecule has 0 aliphatic carbocycles. The molecule has 0 bridgehead atoms. The van der Waals surface area contributed by atoms with Crippen molar-refractivity contribution in [3.8, 4) is 11.4 Å². The number of benzene rings is 1. The second kappa shape index (κ2) is 8.57. The number of carbonyl (C=O) groups is 1. The molecule has 2 heterocycles. The lowest BCUT2D eigenvalue weighted by Crippen LogP contribution is -2.23. The van der Waals surface area contributed by atoms with E-state index < -0.39 is 0 Å². The Morgan fingerprint density at radius 2 is 2.15 bits per heavy atom. The van der Waals surface area contributed by atoms with Crippen LogP contribution in [0.5, 0.6) is 5.75 Å². The van der Waals surface area contributed by atoms with Crippen LogP contribution in [0.25, 0.3) is 5.69 Å². The van der Waals surface area contributed by atoms with Crippen LogP contribution in [0.2, 0.25) is 0 Å². The van der Waals surface area contributed by atoms with Gasteiger partial charge in [0, 0.05) is 12.1 Å². The number of amides is 1. The molecule has 26 heavy (non-hydrogen) atoms. The van der Waals surface area contributed by atoms with Gasteiger partial charge in [-0.3, -0.25) is 4.79 Å². The van der Waals surface area contributed by atoms with Gasteiger partial charge in [0.1, 0.15) is 17.0 Å². The van der Waals surface area contributed by atoms with Gasteiger partial charge < -0.3 is 10.1 Å². The fourth-order valence-corrected chi connectivity index (χ4v) is 3.17. The maximum absolute atomic E-state index is 12.6. The molecular formula is C18H21N5O2S. The van der Waals surface area contributed by atoms with Gasteiger partial charge >= 0.3 is 0 Å². The summed E-state index contributed by atoms with van der Waals surface area (Å²) in [6.07, 6.45) is 2.46. The topological polar surface area (TPSA) is 81.9 Å². The molecule has 3 rings (SSSR count). The molecule has 2 aromatic heterocycles. The number of thiophene rings is 1. The predicted octanol–water partition coefficient (Wildman–Crippen LogP) is 3.08. The number of ether oxygens (including phenoxy) is 1. The molecule has 0 saturated heterocycles. The summed E-state index contributed by atoms with van der Waals surface area (Å²) in [5.74, 6) is 1.23. The molecule has 8 heteroatoms. The average Bonchev–Trinajstić information content (AvgIpc) is 3.31. The van der Waals surface area contributed by atoms with Crippen molar-refractivity contribution in [1.29, 1.82) is 0 Å². The highest BCUT2D eigenvalue weighted by Gasteiger charge is 2.16. The lowest BCUT2D eigenvalue weighted by atomic mass is 10.1. The van der Waals surface area contributed by atoms with Crippen molar-refractivity contribution < 1.29 is 9.53 Å². The van der Waals surface area contributed by atoms with Gasteiger partial charge in [0.25, 0.3) is 5.91 Å². The summed E-state index contributed by atoms with van der Waals surface area (Å²) in [6.45, 7) is 5.39. The van der Waals surface area contributed by atoms with Crippen molar-refractivity contribution in [2.45, 2.75) is 26.8 Å². The third-order valence-corrected chi connectivity index (χ3v) is 4.71.